The molecule has 1 atom stereocenters. The average Bonchev–Trinajstić information content (AvgIpc) is 3.02. The molecule has 4 aromatic rings. The molecule has 45 heavy (non-hydrogen) atoms. The minimum absolute atomic E-state index is 0.00211. The summed E-state index contributed by atoms with van der Waals surface area (Å²) in [6, 6.07) is 27.1. The summed E-state index contributed by atoms with van der Waals surface area (Å²) in [7, 11) is -2.88. The van der Waals surface area contributed by atoms with Crippen molar-refractivity contribution in [2.24, 2.45) is 0 Å². The van der Waals surface area contributed by atoms with E-state index in [2.05, 4.69) is 5.32 Å². The zero-order valence-electron chi connectivity index (χ0n) is 25.9. The molecule has 0 radical (unpaired) electrons. The molecule has 10 heteroatoms. The predicted octanol–water partition coefficient (Wildman–Crippen LogP) is 5.94. The van der Waals surface area contributed by atoms with E-state index in [0.29, 0.717) is 6.54 Å². The first kappa shape index (κ1) is 33.6. The molecule has 0 fully saturated rings. The summed E-state index contributed by atoms with van der Waals surface area (Å²) in [6.45, 7) is 5.46. The topological polar surface area (TPSA) is 96.0 Å². The van der Waals surface area contributed by atoms with Gasteiger partial charge in [0.1, 0.15) is 18.3 Å². The van der Waals surface area contributed by atoms with E-state index in [1.807, 2.05) is 75.4 Å². The number of methoxy groups -OCH3 is 1. The van der Waals surface area contributed by atoms with E-state index in [-0.39, 0.29) is 40.2 Å². The Labute approximate surface area is 270 Å². The third-order valence-electron chi connectivity index (χ3n) is 7.35. The van der Waals surface area contributed by atoms with Crippen LogP contribution in [0.3, 0.4) is 0 Å². The maximum atomic E-state index is 14.5. The Morgan fingerprint density at radius 1 is 0.867 bits per heavy atom. The summed E-state index contributed by atoms with van der Waals surface area (Å²) in [4.78, 5) is 29.6. The third kappa shape index (κ3) is 8.44. The van der Waals surface area contributed by atoms with Crippen LogP contribution in [0.15, 0.2) is 102 Å². The molecule has 4 rings (SSSR count). The zero-order valence-corrected chi connectivity index (χ0v) is 27.4. The molecular formula is C35H38ClN3O5S. The molecular weight excluding hydrogens is 610 g/mol. The Morgan fingerprint density at radius 2 is 1.56 bits per heavy atom. The molecule has 1 N–H and O–H groups in total. The second kappa shape index (κ2) is 15.1. The van der Waals surface area contributed by atoms with Gasteiger partial charge in [0.15, 0.2) is 0 Å². The molecule has 0 spiro atoms. The minimum Gasteiger partial charge on any atom is -0.495 e. The van der Waals surface area contributed by atoms with Crippen LogP contribution in [0.4, 0.5) is 5.69 Å². The van der Waals surface area contributed by atoms with Crippen LogP contribution in [0.25, 0.3) is 0 Å². The standard InChI is InChI=1S/C35H38ClN3O5S/c1-5-37-35(41)32(21-27-11-7-6-8-12-27)38(23-28-13-9-10-26(3)20-28)34(40)24-39(31-22-29(36)16-19-33(31)44-4)45(42,43)30-17-14-25(2)15-18-30/h6-20,22,32H,5,21,23-24H2,1-4H3,(H,37,41)/t32-/m1/s1. The highest BCUT2D eigenvalue weighted by Crippen LogP contribution is 2.35. The molecule has 2 amide bonds. The van der Waals surface area contributed by atoms with E-state index < -0.39 is 28.5 Å². The molecule has 236 valence electrons. The van der Waals surface area contributed by atoms with Gasteiger partial charge in [-0.15, -0.1) is 0 Å². The van der Waals surface area contributed by atoms with Gasteiger partial charge in [0.05, 0.1) is 17.7 Å². The number of amides is 2. The number of benzene rings is 4. The van der Waals surface area contributed by atoms with Gasteiger partial charge < -0.3 is 15.0 Å². The highest BCUT2D eigenvalue weighted by atomic mass is 35.5. The van der Waals surface area contributed by atoms with Gasteiger partial charge in [0, 0.05) is 24.5 Å². The lowest BCUT2D eigenvalue weighted by Crippen LogP contribution is -2.53. The normalized spacial score (nSPS) is 11.8. The number of nitrogens with zero attached hydrogens (tertiary/aromatic N) is 2. The van der Waals surface area contributed by atoms with Crippen LogP contribution in [0.2, 0.25) is 5.02 Å². The van der Waals surface area contributed by atoms with Gasteiger partial charge in [-0.05, 0) is 62.2 Å². The summed E-state index contributed by atoms with van der Waals surface area (Å²) < 4.78 is 35.0. The van der Waals surface area contributed by atoms with Crippen molar-refractivity contribution in [1.82, 2.24) is 10.2 Å². The maximum absolute atomic E-state index is 14.5. The van der Waals surface area contributed by atoms with Crippen LogP contribution in [0.5, 0.6) is 5.75 Å². The molecule has 0 aliphatic carbocycles. The summed E-state index contributed by atoms with van der Waals surface area (Å²) in [6.07, 6.45) is 0.232. The van der Waals surface area contributed by atoms with Gasteiger partial charge in [0.25, 0.3) is 10.0 Å². The number of hydrogen-bond acceptors (Lipinski definition) is 5. The first-order valence-corrected chi connectivity index (χ1v) is 16.4. The number of carbonyl (C=O) groups excluding carboxylic acids is 2. The summed E-state index contributed by atoms with van der Waals surface area (Å²) >= 11 is 6.35. The molecule has 0 saturated carbocycles. The molecule has 8 nitrogen and oxygen atoms in total. The van der Waals surface area contributed by atoms with Crippen LogP contribution in [0.1, 0.15) is 29.2 Å². The largest absolute Gasteiger partial charge is 0.495 e. The van der Waals surface area contributed by atoms with Crippen LogP contribution >= 0.6 is 11.6 Å². The molecule has 0 bridgehead atoms. The zero-order chi connectivity index (χ0) is 32.6. The number of sulfonamides is 1. The van der Waals surface area contributed by atoms with E-state index in [9.17, 15) is 18.0 Å². The second-order valence-corrected chi connectivity index (χ2v) is 13.1. The molecule has 0 aromatic heterocycles. The fraction of sp³-hybridized carbons (Fsp3) is 0.257. The van der Waals surface area contributed by atoms with Crippen molar-refractivity contribution in [1.29, 1.82) is 0 Å². The second-order valence-electron chi connectivity index (χ2n) is 10.8. The number of carbonyl (C=O) groups is 2. The van der Waals surface area contributed by atoms with Crippen molar-refractivity contribution in [3.63, 3.8) is 0 Å². The summed E-state index contributed by atoms with van der Waals surface area (Å²) in [5.41, 5.74) is 3.64. The van der Waals surface area contributed by atoms with Gasteiger partial charge in [-0.2, -0.15) is 0 Å². The number of aryl methyl sites for hydroxylation is 2. The van der Waals surface area contributed by atoms with Crippen molar-refractivity contribution in [3.05, 3.63) is 124 Å². The van der Waals surface area contributed by atoms with Crippen molar-refractivity contribution in [3.8, 4) is 5.75 Å². The highest BCUT2D eigenvalue weighted by molar-refractivity contribution is 7.92. The highest BCUT2D eigenvalue weighted by Gasteiger charge is 2.35. The molecule has 0 heterocycles. The Bertz CT molecular complexity index is 1730. The van der Waals surface area contributed by atoms with Crippen molar-refractivity contribution >= 4 is 39.1 Å². The van der Waals surface area contributed by atoms with Crippen molar-refractivity contribution < 1.29 is 22.7 Å². The molecule has 0 aliphatic heterocycles. The lowest BCUT2D eigenvalue weighted by atomic mass is 10.0. The Hall–Kier alpha value is -4.34. The van der Waals surface area contributed by atoms with Crippen LogP contribution in [-0.2, 0) is 32.6 Å². The van der Waals surface area contributed by atoms with Crippen LogP contribution in [-0.4, -0.2) is 51.4 Å². The quantitative estimate of drug-likeness (QED) is 0.194. The Kier molecular flexibility index (Phi) is 11.3. The van der Waals surface area contributed by atoms with Crippen LogP contribution < -0.4 is 14.4 Å². The first-order valence-electron chi connectivity index (χ1n) is 14.6. The number of halogens is 1. The van der Waals surface area contributed by atoms with Crippen molar-refractivity contribution in [2.45, 2.75) is 44.7 Å². The van der Waals surface area contributed by atoms with Gasteiger partial charge in [-0.25, -0.2) is 8.42 Å². The lowest BCUT2D eigenvalue weighted by molar-refractivity contribution is -0.140. The van der Waals surface area contributed by atoms with Gasteiger partial charge in [-0.3, -0.25) is 13.9 Å². The Morgan fingerprint density at radius 3 is 2.20 bits per heavy atom. The van der Waals surface area contributed by atoms with Gasteiger partial charge in [0.2, 0.25) is 11.8 Å². The summed E-state index contributed by atoms with van der Waals surface area (Å²) in [5, 5.41) is 3.14. The Balaban J connectivity index is 1.85. The fourth-order valence-electron chi connectivity index (χ4n) is 5.06. The fourth-order valence-corrected chi connectivity index (χ4v) is 6.64. The van der Waals surface area contributed by atoms with E-state index in [0.717, 1.165) is 26.6 Å². The average molecular weight is 648 g/mol. The molecule has 4 aromatic carbocycles. The smallest absolute Gasteiger partial charge is 0.264 e. The number of ether oxygens (including phenoxy) is 1. The lowest BCUT2D eigenvalue weighted by Gasteiger charge is -2.34. The number of anilines is 1. The van der Waals surface area contributed by atoms with Crippen LogP contribution in [0, 0.1) is 13.8 Å². The third-order valence-corrected chi connectivity index (χ3v) is 9.36. The van der Waals surface area contributed by atoms with Gasteiger partial charge in [-0.1, -0.05) is 89.5 Å². The minimum atomic E-state index is -4.30. The predicted molar refractivity (Wildman–Crippen MR) is 178 cm³/mol. The number of rotatable bonds is 13. The van der Waals surface area contributed by atoms with E-state index in [1.54, 1.807) is 24.3 Å². The monoisotopic (exact) mass is 647 g/mol. The van der Waals surface area contributed by atoms with E-state index in [4.69, 9.17) is 16.3 Å². The van der Waals surface area contributed by atoms with E-state index in [1.165, 1.54) is 30.2 Å². The first-order chi connectivity index (χ1) is 21.5. The molecule has 0 saturated heterocycles. The maximum Gasteiger partial charge on any atom is 0.264 e. The number of nitrogens with one attached hydrogen (secondary N) is 1. The van der Waals surface area contributed by atoms with Gasteiger partial charge >= 0.3 is 0 Å². The molecule has 0 aliphatic rings. The SMILES string of the molecule is CCNC(=O)[C@@H](Cc1ccccc1)N(Cc1cccc(C)c1)C(=O)CN(c1cc(Cl)ccc1OC)S(=O)(=O)c1ccc(C)cc1. The number of likely N-dealkylation sites (N-methyl/N-ethyl adjacent to an activating group) is 1. The van der Waals surface area contributed by atoms with E-state index >= 15 is 0 Å². The van der Waals surface area contributed by atoms with Crippen molar-refractivity contribution in [2.75, 3.05) is 24.5 Å². The number of hydrogen-bond donors (Lipinski definition) is 1. The summed E-state index contributed by atoms with van der Waals surface area (Å²) in [5.74, 6) is -0.685. The molecule has 0 unspecified atom stereocenters.